The van der Waals surface area contributed by atoms with Gasteiger partial charge in [-0.2, -0.15) is 0 Å². The number of carbonyl (C=O) groups is 1. The molecule has 3 heteroatoms. The van der Waals surface area contributed by atoms with Gasteiger partial charge in [0, 0.05) is 26.1 Å². The molecule has 106 valence electrons. The van der Waals surface area contributed by atoms with Crippen molar-refractivity contribution >= 4 is 5.91 Å². The van der Waals surface area contributed by atoms with Crippen LogP contribution in [0, 0.1) is 12.3 Å². The van der Waals surface area contributed by atoms with E-state index in [9.17, 15) is 4.79 Å². The summed E-state index contributed by atoms with van der Waals surface area (Å²) in [6.45, 7) is 8.89. The fourth-order valence-electron chi connectivity index (χ4n) is 1.78. The first-order chi connectivity index (χ1) is 8.71. The van der Waals surface area contributed by atoms with E-state index >= 15 is 0 Å². The molecule has 0 radical (unpaired) electrons. The average Bonchev–Trinajstić information content (AvgIpc) is 2.30. The molecule has 1 aromatic carbocycles. The summed E-state index contributed by atoms with van der Waals surface area (Å²) < 4.78 is 0. The molecule has 0 aliphatic carbocycles. The lowest BCUT2D eigenvalue weighted by molar-refractivity contribution is -0.131. The van der Waals surface area contributed by atoms with Gasteiger partial charge in [0.1, 0.15) is 0 Å². The normalized spacial score (nSPS) is 13.2. The summed E-state index contributed by atoms with van der Waals surface area (Å²) in [6, 6.07) is 8.02. The van der Waals surface area contributed by atoms with Crippen molar-refractivity contribution in [1.29, 1.82) is 0 Å². The number of hydrogen-bond donors (Lipinski definition) is 1. The summed E-state index contributed by atoms with van der Waals surface area (Å²) in [5, 5.41) is 0. The van der Waals surface area contributed by atoms with E-state index in [4.69, 9.17) is 5.73 Å². The minimum absolute atomic E-state index is 0.0425. The molecule has 0 aromatic heterocycles. The minimum Gasteiger partial charge on any atom is -0.341 e. The SMILES string of the molecule is Cc1ccccc1CN(C)C(=O)CC(N)C(C)(C)C. The Labute approximate surface area is 116 Å². The number of hydrogen-bond acceptors (Lipinski definition) is 2. The number of carbonyl (C=O) groups excluding carboxylic acids is 1. The Bertz CT molecular complexity index is 435. The van der Waals surface area contributed by atoms with Gasteiger partial charge in [0.25, 0.3) is 0 Å². The fourth-order valence-corrected chi connectivity index (χ4v) is 1.78. The molecule has 1 amide bonds. The van der Waals surface area contributed by atoms with E-state index in [2.05, 4.69) is 39.8 Å². The largest absolute Gasteiger partial charge is 0.341 e. The maximum Gasteiger partial charge on any atom is 0.224 e. The predicted octanol–water partition coefficient (Wildman–Crippen LogP) is 2.72. The van der Waals surface area contributed by atoms with E-state index < -0.39 is 0 Å². The van der Waals surface area contributed by atoms with Gasteiger partial charge in [-0.1, -0.05) is 45.0 Å². The monoisotopic (exact) mass is 262 g/mol. The molecule has 0 fully saturated rings. The number of amides is 1. The van der Waals surface area contributed by atoms with Crippen LogP contribution in [-0.2, 0) is 11.3 Å². The second-order valence-corrected chi connectivity index (χ2v) is 6.35. The Hall–Kier alpha value is -1.35. The van der Waals surface area contributed by atoms with Crippen molar-refractivity contribution in [3.63, 3.8) is 0 Å². The second-order valence-electron chi connectivity index (χ2n) is 6.35. The molecular weight excluding hydrogens is 236 g/mol. The van der Waals surface area contributed by atoms with Crippen LogP contribution in [0.15, 0.2) is 24.3 Å². The zero-order valence-electron chi connectivity index (χ0n) is 12.7. The first-order valence-corrected chi connectivity index (χ1v) is 6.76. The van der Waals surface area contributed by atoms with Gasteiger partial charge >= 0.3 is 0 Å². The molecule has 0 heterocycles. The summed E-state index contributed by atoms with van der Waals surface area (Å²) in [4.78, 5) is 13.9. The van der Waals surface area contributed by atoms with Crippen LogP contribution in [0.3, 0.4) is 0 Å². The van der Waals surface area contributed by atoms with Crippen LogP contribution in [0.1, 0.15) is 38.3 Å². The zero-order chi connectivity index (χ0) is 14.6. The van der Waals surface area contributed by atoms with Crippen molar-refractivity contribution in [2.75, 3.05) is 7.05 Å². The number of nitrogens with two attached hydrogens (primary N) is 1. The quantitative estimate of drug-likeness (QED) is 0.907. The average molecular weight is 262 g/mol. The molecule has 2 N–H and O–H groups in total. The van der Waals surface area contributed by atoms with E-state index in [0.717, 1.165) is 0 Å². The van der Waals surface area contributed by atoms with Crippen LogP contribution in [-0.4, -0.2) is 23.9 Å². The third-order valence-corrected chi connectivity index (χ3v) is 3.60. The van der Waals surface area contributed by atoms with E-state index in [1.165, 1.54) is 11.1 Å². The third-order valence-electron chi connectivity index (χ3n) is 3.60. The third kappa shape index (κ3) is 4.67. The van der Waals surface area contributed by atoms with Crippen molar-refractivity contribution in [1.82, 2.24) is 4.90 Å². The fraction of sp³-hybridized carbons (Fsp3) is 0.562. The molecular formula is C16H26N2O. The molecule has 0 spiro atoms. The lowest BCUT2D eigenvalue weighted by Crippen LogP contribution is -2.40. The highest BCUT2D eigenvalue weighted by atomic mass is 16.2. The van der Waals surface area contributed by atoms with Gasteiger partial charge in [0.05, 0.1) is 0 Å². The molecule has 0 aliphatic rings. The predicted molar refractivity (Wildman–Crippen MR) is 79.7 cm³/mol. The maximum atomic E-state index is 12.2. The van der Waals surface area contributed by atoms with Crippen molar-refractivity contribution < 1.29 is 4.79 Å². The van der Waals surface area contributed by atoms with Crippen LogP contribution >= 0.6 is 0 Å². The molecule has 1 atom stereocenters. The van der Waals surface area contributed by atoms with Gasteiger partial charge in [-0.05, 0) is 23.5 Å². The molecule has 0 bridgehead atoms. The number of benzene rings is 1. The lowest BCUT2D eigenvalue weighted by Gasteiger charge is -2.28. The molecule has 0 saturated carbocycles. The number of rotatable bonds is 4. The van der Waals surface area contributed by atoms with Crippen LogP contribution < -0.4 is 5.73 Å². The summed E-state index contributed by atoms with van der Waals surface area (Å²) >= 11 is 0. The lowest BCUT2D eigenvalue weighted by atomic mass is 9.85. The van der Waals surface area contributed by atoms with E-state index in [0.29, 0.717) is 13.0 Å². The zero-order valence-corrected chi connectivity index (χ0v) is 12.7. The highest BCUT2D eigenvalue weighted by molar-refractivity contribution is 5.76. The van der Waals surface area contributed by atoms with Crippen LogP contribution in [0.5, 0.6) is 0 Å². The van der Waals surface area contributed by atoms with Crippen LogP contribution in [0.25, 0.3) is 0 Å². The molecule has 0 saturated heterocycles. The Morgan fingerprint density at radius 3 is 2.42 bits per heavy atom. The highest BCUT2D eigenvalue weighted by Crippen LogP contribution is 2.20. The smallest absolute Gasteiger partial charge is 0.224 e. The standard InChI is InChI=1S/C16H26N2O/c1-12-8-6-7-9-13(12)11-18(5)15(19)10-14(17)16(2,3)4/h6-9,14H,10-11,17H2,1-5H3. The Morgan fingerprint density at radius 1 is 1.32 bits per heavy atom. The first kappa shape index (κ1) is 15.7. The summed E-state index contributed by atoms with van der Waals surface area (Å²) in [6.07, 6.45) is 0.395. The van der Waals surface area contributed by atoms with Crippen molar-refractivity contribution in [2.45, 2.75) is 46.7 Å². The van der Waals surface area contributed by atoms with Gasteiger partial charge in [-0.25, -0.2) is 0 Å². The molecule has 1 unspecified atom stereocenters. The molecule has 1 aromatic rings. The topological polar surface area (TPSA) is 46.3 Å². The van der Waals surface area contributed by atoms with E-state index in [1.54, 1.807) is 4.90 Å². The maximum absolute atomic E-state index is 12.2. The van der Waals surface area contributed by atoms with Crippen molar-refractivity contribution in [3.8, 4) is 0 Å². The van der Waals surface area contributed by atoms with Crippen molar-refractivity contribution in [2.24, 2.45) is 11.1 Å². The Balaban J connectivity index is 2.61. The van der Waals surface area contributed by atoms with E-state index in [1.807, 2.05) is 19.2 Å². The molecule has 19 heavy (non-hydrogen) atoms. The molecule has 1 rings (SSSR count). The highest BCUT2D eigenvalue weighted by Gasteiger charge is 2.24. The summed E-state index contributed by atoms with van der Waals surface area (Å²) in [5.74, 6) is 0.102. The summed E-state index contributed by atoms with van der Waals surface area (Å²) in [5.41, 5.74) is 8.42. The van der Waals surface area contributed by atoms with Gasteiger partial charge < -0.3 is 10.6 Å². The minimum atomic E-state index is -0.112. The van der Waals surface area contributed by atoms with Crippen LogP contribution in [0.2, 0.25) is 0 Å². The summed E-state index contributed by atoms with van der Waals surface area (Å²) in [7, 11) is 1.84. The van der Waals surface area contributed by atoms with Gasteiger partial charge in [-0.3, -0.25) is 4.79 Å². The van der Waals surface area contributed by atoms with Gasteiger partial charge in [0.15, 0.2) is 0 Å². The van der Waals surface area contributed by atoms with Crippen LogP contribution in [0.4, 0.5) is 0 Å². The molecule has 0 aliphatic heterocycles. The van der Waals surface area contributed by atoms with Gasteiger partial charge in [-0.15, -0.1) is 0 Å². The Morgan fingerprint density at radius 2 is 1.89 bits per heavy atom. The van der Waals surface area contributed by atoms with Gasteiger partial charge in [0.2, 0.25) is 5.91 Å². The Kier molecular flexibility index (Phi) is 5.12. The van der Waals surface area contributed by atoms with Crippen molar-refractivity contribution in [3.05, 3.63) is 35.4 Å². The van der Waals surface area contributed by atoms with E-state index in [-0.39, 0.29) is 17.4 Å². The second kappa shape index (κ2) is 6.20. The number of nitrogens with zero attached hydrogens (tertiary/aromatic N) is 1. The number of aryl methyl sites for hydroxylation is 1. The first-order valence-electron chi connectivity index (χ1n) is 6.76. The molecule has 3 nitrogen and oxygen atoms in total.